The van der Waals surface area contributed by atoms with Crippen molar-refractivity contribution in [1.29, 1.82) is 0 Å². The maximum atomic E-state index is 13.2. The molecule has 8 heteroatoms. The lowest BCUT2D eigenvalue weighted by Crippen LogP contribution is -2.54. The Kier molecular flexibility index (Phi) is 7.15. The fourth-order valence-electron chi connectivity index (χ4n) is 4.51. The minimum absolute atomic E-state index is 0.0470. The van der Waals surface area contributed by atoms with Crippen LogP contribution in [0.3, 0.4) is 0 Å². The van der Waals surface area contributed by atoms with E-state index >= 15 is 0 Å². The molecule has 3 atom stereocenters. The molecule has 170 valence electrons. The molecule has 2 fully saturated rings. The number of piperidine rings is 1. The molecular formula is C24H29N3O4S. The Morgan fingerprint density at radius 1 is 1.12 bits per heavy atom. The van der Waals surface area contributed by atoms with Crippen LogP contribution in [0.15, 0.2) is 60.7 Å². The Balaban J connectivity index is 1.44. The Bertz CT molecular complexity index is 919. The van der Waals surface area contributed by atoms with Gasteiger partial charge in [0.15, 0.2) is 6.23 Å². The molecule has 7 nitrogen and oxygen atoms in total. The summed E-state index contributed by atoms with van der Waals surface area (Å²) in [4.78, 5) is 26.9. The number of nitrogens with two attached hydrogens (primary N) is 1. The van der Waals surface area contributed by atoms with E-state index in [1.54, 1.807) is 11.8 Å². The number of esters is 1. The van der Waals surface area contributed by atoms with Gasteiger partial charge in [-0.3, -0.25) is 25.5 Å². The number of rotatable bonds is 7. The molecule has 0 aromatic heterocycles. The third kappa shape index (κ3) is 5.32. The second-order valence-electron chi connectivity index (χ2n) is 8.40. The number of nitrogens with one attached hydrogen (secondary N) is 1. The summed E-state index contributed by atoms with van der Waals surface area (Å²) in [7, 11) is 0. The fourth-order valence-corrected chi connectivity index (χ4v) is 6.22. The van der Waals surface area contributed by atoms with Crippen molar-refractivity contribution < 1.29 is 19.4 Å². The van der Waals surface area contributed by atoms with E-state index in [9.17, 15) is 14.7 Å². The summed E-state index contributed by atoms with van der Waals surface area (Å²) in [6.45, 7) is 2.53. The van der Waals surface area contributed by atoms with Crippen LogP contribution < -0.4 is 11.1 Å². The van der Waals surface area contributed by atoms with Crippen molar-refractivity contribution in [2.24, 2.45) is 5.73 Å². The highest BCUT2D eigenvalue weighted by atomic mass is 32.2. The topological polar surface area (TPSA) is 105 Å². The van der Waals surface area contributed by atoms with Crippen molar-refractivity contribution in [2.75, 3.05) is 13.1 Å². The van der Waals surface area contributed by atoms with Gasteiger partial charge < -0.3 is 9.84 Å². The highest BCUT2D eigenvalue weighted by molar-refractivity contribution is 8.01. The summed E-state index contributed by atoms with van der Waals surface area (Å²) in [6.07, 6.45) is 0.639. The quantitative estimate of drug-likeness (QED) is 0.432. The molecule has 0 radical (unpaired) electrons. The van der Waals surface area contributed by atoms with Crippen molar-refractivity contribution in [3.63, 3.8) is 0 Å². The maximum Gasteiger partial charge on any atom is 0.326 e. The molecule has 2 saturated heterocycles. The molecule has 0 amide bonds. The molecule has 0 aliphatic carbocycles. The number of hydrogen-bond donors (Lipinski definition) is 3. The van der Waals surface area contributed by atoms with Crippen LogP contribution in [0.5, 0.6) is 0 Å². The molecule has 2 aliphatic rings. The number of ether oxygens (including phenoxy) is 1. The molecule has 4 rings (SSSR count). The summed E-state index contributed by atoms with van der Waals surface area (Å²) >= 11 is 1.57. The number of benzene rings is 2. The zero-order chi connectivity index (χ0) is 22.6. The van der Waals surface area contributed by atoms with E-state index in [4.69, 9.17) is 10.5 Å². The summed E-state index contributed by atoms with van der Waals surface area (Å²) in [6, 6.07) is 18.9. The van der Waals surface area contributed by atoms with Gasteiger partial charge in [0.2, 0.25) is 0 Å². The van der Waals surface area contributed by atoms with Crippen LogP contribution in [-0.4, -0.2) is 51.2 Å². The van der Waals surface area contributed by atoms with Gasteiger partial charge in [0.25, 0.3) is 0 Å². The van der Waals surface area contributed by atoms with Crippen LogP contribution >= 0.6 is 11.8 Å². The molecule has 2 aliphatic heterocycles. The molecular weight excluding hydrogens is 426 g/mol. The molecule has 2 aromatic carbocycles. The molecule has 2 aromatic rings. The average molecular weight is 456 g/mol. The molecule has 3 unspecified atom stereocenters. The highest BCUT2D eigenvalue weighted by Crippen LogP contribution is 2.47. The first kappa shape index (κ1) is 22.8. The number of hydrogen-bond acceptors (Lipinski definition) is 7. The van der Waals surface area contributed by atoms with Gasteiger partial charge in [0, 0.05) is 16.9 Å². The Morgan fingerprint density at radius 2 is 1.75 bits per heavy atom. The first-order valence-corrected chi connectivity index (χ1v) is 11.8. The first-order chi connectivity index (χ1) is 15.4. The highest BCUT2D eigenvalue weighted by Gasteiger charge is 2.53. The van der Waals surface area contributed by atoms with Crippen LogP contribution in [0.25, 0.3) is 0 Å². The van der Waals surface area contributed by atoms with Gasteiger partial charge in [-0.05, 0) is 31.5 Å². The van der Waals surface area contributed by atoms with Gasteiger partial charge in [-0.2, -0.15) is 0 Å². The lowest BCUT2D eigenvalue weighted by Gasteiger charge is -2.41. The Labute approximate surface area is 192 Å². The number of aliphatic carboxylic acids is 1. The summed E-state index contributed by atoms with van der Waals surface area (Å²) in [5.74, 6) is -1.31. The number of carbonyl (C=O) groups excluding carboxylic acids is 1. The van der Waals surface area contributed by atoms with Crippen molar-refractivity contribution in [1.82, 2.24) is 10.2 Å². The van der Waals surface area contributed by atoms with E-state index in [2.05, 4.69) is 22.3 Å². The second-order valence-corrected chi connectivity index (χ2v) is 10.0. The van der Waals surface area contributed by atoms with Crippen LogP contribution in [0.4, 0.5) is 0 Å². The molecule has 2 heterocycles. The van der Waals surface area contributed by atoms with Crippen molar-refractivity contribution >= 4 is 23.7 Å². The number of likely N-dealkylation sites (tertiary alicyclic amines) is 1. The van der Waals surface area contributed by atoms with Crippen molar-refractivity contribution in [2.45, 2.75) is 48.2 Å². The van der Waals surface area contributed by atoms with E-state index < -0.39 is 29.0 Å². The van der Waals surface area contributed by atoms with E-state index in [1.165, 1.54) is 5.56 Å². The molecule has 32 heavy (non-hydrogen) atoms. The van der Waals surface area contributed by atoms with E-state index in [0.29, 0.717) is 0 Å². The normalized spacial score (nSPS) is 23.7. The van der Waals surface area contributed by atoms with Crippen LogP contribution in [0.2, 0.25) is 0 Å². The largest absolute Gasteiger partial charge is 0.481 e. The predicted octanol–water partition coefficient (Wildman–Crippen LogP) is 2.73. The molecule has 1 spiro atoms. The van der Waals surface area contributed by atoms with Crippen LogP contribution in [0, 0.1) is 0 Å². The Hall–Kier alpha value is -2.39. The zero-order valence-electron chi connectivity index (χ0n) is 17.9. The fraction of sp³-hybridized carbons (Fsp3) is 0.417. The van der Waals surface area contributed by atoms with E-state index in [1.807, 2.05) is 48.5 Å². The van der Waals surface area contributed by atoms with E-state index in [0.717, 1.165) is 38.0 Å². The number of carboxylic acid groups (broad SMARTS) is 1. The number of carboxylic acids is 1. The molecule has 0 bridgehead atoms. The maximum absolute atomic E-state index is 13.2. The van der Waals surface area contributed by atoms with Crippen LogP contribution in [-0.2, 0) is 20.9 Å². The van der Waals surface area contributed by atoms with Crippen molar-refractivity contribution in [3.8, 4) is 0 Å². The summed E-state index contributed by atoms with van der Waals surface area (Å²) in [5.41, 5.74) is 8.11. The number of carbonyl (C=O) groups is 2. The lowest BCUT2D eigenvalue weighted by atomic mass is 9.88. The predicted molar refractivity (Wildman–Crippen MR) is 124 cm³/mol. The third-order valence-corrected chi connectivity index (χ3v) is 7.87. The average Bonchev–Trinajstić information content (AvgIpc) is 3.13. The van der Waals surface area contributed by atoms with Gasteiger partial charge in [0.05, 0.1) is 11.8 Å². The SMILES string of the molecule is NC(OC(=O)C1NC(CC(=O)O)SC12CCN(Cc1ccccc1)CC2)c1ccccc1. The van der Waals surface area contributed by atoms with Gasteiger partial charge in [0.1, 0.15) is 6.04 Å². The van der Waals surface area contributed by atoms with Gasteiger partial charge in [-0.1, -0.05) is 60.7 Å². The smallest absolute Gasteiger partial charge is 0.326 e. The molecule has 4 N–H and O–H groups in total. The lowest BCUT2D eigenvalue weighted by molar-refractivity contribution is -0.153. The van der Waals surface area contributed by atoms with Crippen LogP contribution in [0.1, 0.15) is 36.6 Å². The standard InChI is InChI=1S/C24H29N3O4S/c25-22(18-9-5-2-6-10-18)31-23(30)21-24(32-19(26-21)15-20(28)29)11-13-27(14-12-24)16-17-7-3-1-4-8-17/h1-10,19,21-22,26H,11-16,25H2,(H,28,29). The zero-order valence-corrected chi connectivity index (χ0v) is 18.7. The monoisotopic (exact) mass is 455 g/mol. The van der Waals surface area contributed by atoms with Gasteiger partial charge in [-0.25, -0.2) is 0 Å². The second kappa shape index (κ2) is 10.0. The number of nitrogens with zero attached hydrogens (tertiary/aromatic N) is 1. The van der Waals surface area contributed by atoms with Crippen molar-refractivity contribution in [3.05, 3.63) is 71.8 Å². The summed E-state index contributed by atoms with van der Waals surface area (Å²) < 4.78 is 5.22. The first-order valence-electron chi connectivity index (χ1n) is 10.9. The van der Waals surface area contributed by atoms with Gasteiger partial charge in [-0.15, -0.1) is 11.8 Å². The minimum atomic E-state index is -0.887. The minimum Gasteiger partial charge on any atom is -0.481 e. The third-order valence-electron chi connectivity index (χ3n) is 6.17. The Morgan fingerprint density at radius 3 is 2.38 bits per heavy atom. The summed E-state index contributed by atoms with van der Waals surface area (Å²) in [5, 5.41) is 12.2. The number of thioether (sulfide) groups is 1. The van der Waals surface area contributed by atoms with Gasteiger partial charge >= 0.3 is 11.9 Å². The van der Waals surface area contributed by atoms with E-state index in [-0.39, 0.29) is 11.8 Å². The molecule has 0 saturated carbocycles.